The molecule has 0 fully saturated rings. The number of alkyl halides is 2. The van der Waals surface area contributed by atoms with E-state index in [1.54, 1.807) is 43.3 Å². The molecule has 2 rings (SSSR count). The van der Waals surface area contributed by atoms with Gasteiger partial charge in [-0.05, 0) is 48.9 Å². The van der Waals surface area contributed by atoms with Crippen LogP contribution in [0.2, 0.25) is 5.02 Å². The van der Waals surface area contributed by atoms with Gasteiger partial charge in [-0.15, -0.1) is 0 Å². The normalized spacial score (nSPS) is 10.4. The fourth-order valence-corrected chi connectivity index (χ4v) is 2.14. The summed E-state index contributed by atoms with van der Waals surface area (Å²) in [5, 5.41) is 5.89. The predicted octanol–water partition coefficient (Wildman–Crippen LogP) is 4.66. The highest BCUT2D eigenvalue weighted by Gasteiger charge is 2.12. The predicted molar refractivity (Wildman–Crippen MR) is 91.6 cm³/mol. The molecule has 0 aliphatic rings. The Hall–Kier alpha value is -2.54. The molecule has 5 nitrogen and oxygen atoms in total. The molecule has 0 saturated heterocycles. The number of halogens is 3. The van der Waals surface area contributed by atoms with Gasteiger partial charge in [-0.1, -0.05) is 17.7 Å². The Morgan fingerprint density at radius 3 is 2.52 bits per heavy atom. The smallest absolute Gasteiger partial charge is 0.387 e. The summed E-state index contributed by atoms with van der Waals surface area (Å²) < 4.78 is 34.4. The molecule has 0 saturated carbocycles. The van der Waals surface area contributed by atoms with Crippen molar-refractivity contribution in [1.29, 1.82) is 0 Å². The van der Waals surface area contributed by atoms with E-state index < -0.39 is 12.6 Å². The minimum atomic E-state index is -2.94. The molecule has 2 N–H and O–H groups in total. The van der Waals surface area contributed by atoms with Crippen LogP contribution in [0.15, 0.2) is 42.5 Å². The molecule has 0 heterocycles. The molecule has 0 atom stereocenters. The Balaban J connectivity index is 1.96. The maximum atomic E-state index is 12.4. The maximum absolute atomic E-state index is 12.4. The minimum Gasteiger partial charge on any atom is -0.490 e. The van der Waals surface area contributed by atoms with Gasteiger partial charge in [0.25, 0.3) is 0 Å². The van der Waals surface area contributed by atoms with Crippen molar-refractivity contribution in [3.8, 4) is 11.5 Å². The molecule has 0 aliphatic heterocycles. The maximum Gasteiger partial charge on any atom is 0.387 e. The average molecular weight is 371 g/mol. The zero-order valence-corrected chi connectivity index (χ0v) is 14.1. The summed E-state index contributed by atoms with van der Waals surface area (Å²) in [7, 11) is 0. The van der Waals surface area contributed by atoms with Crippen molar-refractivity contribution >= 4 is 23.3 Å². The van der Waals surface area contributed by atoms with Crippen molar-refractivity contribution in [2.45, 2.75) is 20.1 Å². The Labute approximate surface area is 148 Å². The van der Waals surface area contributed by atoms with Gasteiger partial charge in [0.1, 0.15) is 0 Å². The van der Waals surface area contributed by atoms with E-state index in [0.717, 1.165) is 0 Å². The van der Waals surface area contributed by atoms with E-state index in [-0.39, 0.29) is 18.0 Å². The summed E-state index contributed by atoms with van der Waals surface area (Å²) in [6.45, 7) is -0.716. The first-order valence-corrected chi connectivity index (χ1v) is 7.86. The first-order valence-electron chi connectivity index (χ1n) is 7.49. The van der Waals surface area contributed by atoms with Crippen LogP contribution in [0, 0.1) is 0 Å². The largest absolute Gasteiger partial charge is 0.490 e. The SMILES string of the molecule is CCOc1cc(CNC(=O)Nc2ccc(Cl)cc2)ccc1OC(F)F. The molecule has 0 aromatic heterocycles. The van der Waals surface area contributed by atoms with E-state index in [0.29, 0.717) is 22.9 Å². The van der Waals surface area contributed by atoms with Gasteiger partial charge in [-0.25, -0.2) is 4.79 Å². The fourth-order valence-electron chi connectivity index (χ4n) is 2.01. The quantitative estimate of drug-likeness (QED) is 0.745. The van der Waals surface area contributed by atoms with Gasteiger partial charge in [0, 0.05) is 17.3 Å². The molecule has 134 valence electrons. The third-order valence-corrected chi connectivity index (χ3v) is 3.33. The molecule has 2 aromatic carbocycles. The zero-order valence-electron chi connectivity index (χ0n) is 13.4. The number of carbonyl (C=O) groups is 1. The van der Waals surface area contributed by atoms with Crippen LogP contribution in [0.25, 0.3) is 0 Å². The second-order valence-electron chi connectivity index (χ2n) is 4.91. The number of hydrogen-bond donors (Lipinski definition) is 2. The van der Waals surface area contributed by atoms with E-state index in [1.807, 2.05) is 0 Å². The molecule has 0 radical (unpaired) electrons. The number of ether oxygens (including phenoxy) is 2. The number of amides is 2. The lowest BCUT2D eigenvalue weighted by Crippen LogP contribution is -2.28. The highest BCUT2D eigenvalue weighted by molar-refractivity contribution is 6.30. The lowest BCUT2D eigenvalue weighted by molar-refractivity contribution is -0.0514. The van der Waals surface area contributed by atoms with Crippen molar-refractivity contribution in [3.63, 3.8) is 0 Å². The average Bonchev–Trinajstić information content (AvgIpc) is 2.57. The third kappa shape index (κ3) is 6.11. The summed E-state index contributed by atoms with van der Waals surface area (Å²) >= 11 is 5.78. The van der Waals surface area contributed by atoms with Crippen molar-refractivity contribution in [3.05, 3.63) is 53.1 Å². The van der Waals surface area contributed by atoms with Crippen molar-refractivity contribution in [2.24, 2.45) is 0 Å². The molecular formula is C17H17ClF2N2O3. The molecule has 25 heavy (non-hydrogen) atoms. The molecule has 0 aliphatic carbocycles. The second-order valence-corrected chi connectivity index (χ2v) is 5.34. The highest BCUT2D eigenvalue weighted by atomic mass is 35.5. The lowest BCUT2D eigenvalue weighted by Gasteiger charge is -2.13. The van der Waals surface area contributed by atoms with E-state index >= 15 is 0 Å². The highest BCUT2D eigenvalue weighted by Crippen LogP contribution is 2.29. The summed E-state index contributed by atoms with van der Waals surface area (Å²) in [6.07, 6.45) is 0. The fraction of sp³-hybridized carbons (Fsp3) is 0.235. The van der Waals surface area contributed by atoms with Crippen LogP contribution in [-0.2, 0) is 6.54 Å². The Morgan fingerprint density at radius 2 is 1.88 bits per heavy atom. The minimum absolute atomic E-state index is 0.0498. The number of urea groups is 1. The lowest BCUT2D eigenvalue weighted by atomic mass is 10.2. The molecule has 2 amide bonds. The number of rotatable bonds is 7. The van der Waals surface area contributed by atoms with Gasteiger partial charge in [0.05, 0.1) is 6.61 Å². The van der Waals surface area contributed by atoms with Gasteiger partial charge < -0.3 is 20.1 Å². The Kier molecular flexibility index (Phi) is 6.82. The number of benzene rings is 2. The first-order chi connectivity index (χ1) is 12.0. The third-order valence-electron chi connectivity index (χ3n) is 3.08. The van der Waals surface area contributed by atoms with Crippen LogP contribution in [0.3, 0.4) is 0 Å². The number of nitrogens with one attached hydrogen (secondary N) is 2. The summed E-state index contributed by atoms with van der Waals surface area (Å²) in [6, 6.07) is 10.8. The van der Waals surface area contributed by atoms with Crippen molar-refractivity contribution in [2.75, 3.05) is 11.9 Å². The van der Waals surface area contributed by atoms with Crippen molar-refractivity contribution in [1.82, 2.24) is 5.32 Å². The van der Waals surface area contributed by atoms with Gasteiger partial charge >= 0.3 is 12.6 Å². The Morgan fingerprint density at radius 1 is 1.16 bits per heavy atom. The van der Waals surface area contributed by atoms with Crippen LogP contribution < -0.4 is 20.1 Å². The van der Waals surface area contributed by atoms with Gasteiger partial charge in [0.15, 0.2) is 11.5 Å². The zero-order chi connectivity index (χ0) is 18.2. The van der Waals surface area contributed by atoms with Gasteiger partial charge in [0.2, 0.25) is 0 Å². The molecular weight excluding hydrogens is 354 g/mol. The van der Waals surface area contributed by atoms with E-state index in [2.05, 4.69) is 15.4 Å². The van der Waals surface area contributed by atoms with Crippen LogP contribution in [-0.4, -0.2) is 19.2 Å². The van der Waals surface area contributed by atoms with Gasteiger partial charge in [-0.2, -0.15) is 8.78 Å². The standard InChI is InChI=1S/C17H17ClF2N2O3/c1-2-24-15-9-11(3-8-14(15)25-16(19)20)10-21-17(23)22-13-6-4-12(18)5-7-13/h3-9,16H,2,10H2,1H3,(H2,21,22,23). The van der Waals surface area contributed by atoms with Crippen LogP contribution in [0.1, 0.15) is 12.5 Å². The molecule has 0 bridgehead atoms. The van der Waals surface area contributed by atoms with Crippen LogP contribution in [0.4, 0.5) is 19.3 Å². The number of hydrogen-bond acceptors (Lipinski definition) is 3. The number of carbonyl (C=O) groups excluding carboxylic acids is 1. The molecule has 0 spiro atoms. The second kappa shape index (κ2) is 9.08. The summed E-state index contributed by atoms with van der Waals surface area (Å²) in [5.74, 6) is 0.145. The van der Waals surface area contributed by atoms with Crippen molar-refractivity contribution < 1.29 is 23.0 Å². The molecule has 2 aromatic rings. The number of anilines is 1. The monoisotopic (exact) mass is 370 g/mol. The summed E-state index contributed by atoms with van der Waals surface area (Å²) in [4.78, 5) is 11.9. The first kappa shape index (κ1) is 18.8. The topological polar surface area (TPSA) is 59.6 Å². The Bertz CT molecular complexity index is 712. The van der Waals surface area contributed by atoms with E-state index in [9.17, 15) is 13.6 Å². The van der Waals surface area contributed by atoms with Crippen LogP contribution in [0.5, 0.6) is 11.5 Å². The van der Waals surface area contributed by atoms with Gasteiger partial charge in [-0.3, -0.25) is 0 Å². The molecule has 0 unspecified atom stereocenters. The molecule has 8 heteroatoms. The van der Waals surface area contributed by atoms with E-state index in [4.69, 9.17) is 16.3 Å². The van der Waals surface area contributed by atoms with Crippen LogP contribution >= 0.6 is 11.6 Å². The summed E-state index contributed by atoms with van der Waals surface area (Å²) in [5.41, 5.74) is 1.27. The van der Waals surface area contributed by atoms with E-state index in [1.165, 1.54) is 6.07 Å².